The highest BCUT2D eigenvalue weighted by Gasteiger charge is 2.21. The van der Waals surface area contributed by atoms with Crippen molar-refractivity contribution in [3.63, 3.8) is 0 Å². The Bertz CT molecular complexity index is 335. The Kier molecular flexibility index (Phi) is 7.23. The molecule has 0 saturated heterocycles. The molecular weight excluding hydrogens is 267 g/mol. The predicted octanol–water partition coefficient (Wildman–Crippen LogP) is 5.04. The lowest BCUT2D eigenvalue weighted by molar-refractivity contribution is -0.115. The molecule has 3 heteroatoms. The summed E-state index contributed by atoms with van der Waals surface area (Å²) in [5.41, 5.74) is 0. The molecule has 0 spiro atoms. The lowest BCUT2D eigenvalue weighted by Gasteiger charge is -2.24. The van der Waals surface area contributed by atoms with Crippen molar-refractivity contribution in [1.82, 2.24) is 0 Å². The molecule has 0 radical (unpaired) electrons. The summed E-state index contributed by atoms with van der Waals surface area (Å²) >= 11 is 0. The zero-order valence-corrected chi connectivity index (χ0v) is 14.5. The quantitative estimate of drug-likeness (QED) is 0.387. The highest BCUT2D eigenvalue weighted by Crippen LogP contribution is 2.31. The average molecular weight is 298 g/mol. The minimum absolute atomic E-state index is 0.0920. The van der Waals surface area contributed by atoms with Gasteiger partial charge >= 0.3 is 0 Å². The van der Waals surface area contributed by atoms with Crippen LogP contribution in [-0.2, 0) is 4.79 Å². The normalized spacial score (nSPS) is 19.3. The first-order valence-electron chi connectivity index (χ1n) is 8.04. The third kappa shape index (κ3) is 6.88. The van der Waals surface area contributed by atoms with E-state index in [2.05, 4.69) is 30.0 Å². The van der Waals surface area contributed by atoms with Crippen molar-refractivity contribution in [1.29, 1.82) is 0 Å². The molecule has 0 aromatic heterocycles. The molecule has 0 amide bonds. The molecule has 1 aliphatic carbocycles. The van der Waals surface area contributed by atoms with Gasteiger partial charge in [-0.3, -0.25) is 4.79 Å². The van der Waals surface area contributed by atoms with Gasteiger partial charge in [-0.05, 0) is 30.3 Å². The predicted molar refractivity (Wildman–Crippen MR) is 89.1 cm³/mol. The number of rotatable bonds is 8. The van der Waals surface area contributed by atoms with E-state index in [0.717, 1.165) is 25.2 Å². The topological polar surface area (TPSA) is 37.3 Å². The second-order valence-electron chi connectivity index (χ2n) is 7.02. The van der Waals surface area contributed by atoms with E-state index in [9.17, 15) is 9.90 Å². The van der Waals surface area contributed by atoms with Gasteiger partial charge in [0.1, 0.15) is 0 Å². The second kappa shape index (κ2) is 8.17. The Morgan fingerprint density at radius 3 is 2.50 bits per heavy atom. The van der Waals surface area contributed by atoms with E-state index in [1.165, 1.54) is 31.8 Å². The number of ketones is 1. The van der Waals surface area contributed by atoms with Crippen LogP contribution in [-0.4, -0.2) is 16.0 Å². The number of aliphatic hydroxyl groups excluding tert-OH is 1. The molecule has 116 valence electrons. The van der Waals surface area contributed by atoms with E-state index in [4.69, 9.17) is 0 Å². The summed E-state index contributed by atoms with van der Waals surface area (Å²) < 4.78 is 0. The second-order valence-corrected chi connectivity index (χ2v) is 8.59. The zero-order chi connectivity index (χ0) is 15.2. The van der Waals surface area contributed by atoms with Crippen LogP contribution >= 0.6 is 9.24 Å². The minimum atomic E-state index is 0.0920. The molecule has 2 nitrogen and oxygen atoms in total. The van der Waals surface area contributed by atoms with Crippen LogP contribution in [0, 0.1) is 11.8 Å². The Balaban J connectivity index is 2.45. The maximum atomic E-state index is 12.0. The van der Waals surface area contributed by atoms with E-state index in [1.807, 2.05) is 0 Å². The Hall–Kier alpha value is -0.360. The first-order chi connectivity index (χ1) is 9.31. The van der Waals surface area contributed by atoms with Gasteiger partial charge in [0.15, 0.2) is 5.78 Å². The van der Waals surface area contributed by atoms with Gasteiger partial charge in [0, 0.05) is 18.4 Å². The summed E-state index contributed by atoms with van der Waals surface area (Å²) in [5, 5.41) is 10.3. The van der Waals surface area contributed by atoms with E-state index < -0.39 is 0 Å². The van der Waals surface area contributed by atoms with Gasteiger partial charge in [-0.1, -0.05) is 46.5 Å². The van der Waals surface area contributed by atoms with Crippen LogP contribution < -0.4 is 0 Å². The van der Waals surface area contributed by atoms with E-state index >= 15 is 0 Å². The van der Waals surface area contributed by atoms with Gasteiger partial charge < -0.3 is 5.11 Å². The summed E-state index contributed by atoms with van der Waals surface area (Å²) in [7, 11) is 2.81. The molecule has 20 heavy (non-hydrogen) atoms. The van der Waals surface area contributed by atoms with Crippen LogP contribution in [0.25, 0.3) is 0 Å². The fourth-order valence-corrected chi connectivity index (χ4v) is 3.38. The lowest BCUT2D eigenvalue weighted by Crippen LogP contribution is -2.18. The number of hydrogen-bond donors (Lipinski definition) is 1. The highest BCUT2D eigenvalue weighted by molar-refractivity contribution is 7.18. The third-order valence-corrected chi connectivity index (χ3v) is 4.50. The lowest BCUT2D eigenvalue weighted by atomic mass is 9.91. The van der Waals surface area contributed by atoms with Crippen LogP contribution in [0.2, 0.25) is 0 Å². The van der Waals surface area contributed by atoms with Gasteiger partial charge in [-0.15, -0.1) is 9.24 Å². The van der Waals surface area contributed by atoms with Crippen LogP contribution in [0.15, 0.2) is 11.8 Å². The Morgan fingerprint density at radius 1 is 1.40 bits per heavy atom. The molecule has 0 aromatic carbocycles. The Labute approximate surface area is 126 Å². The van der Waals surface area contributed by atoms with Gasteiger partial charge in [-0.2, -0.15) is 0 Å². The van der Waals surface area contributed by atoms with E-state index in [0.29, 0.717) is 6.42 Å². The molecule has 0 aromatic rings. The fraction of sp³-hybridized carbons (Fsp3) is 0.824. The minimum Gasteiger partial charge on any atom is -0.512 e. The van der Waals surface area contributed by atoms with E-state index in [1.54, 1.807) is 0 Å². The van der Waals surface area contributed by atoms with Crippen LogP contribution in [0.3, 0.4) is 0 Å². The fourth-order valence-electron chi connectivity index (χ4n) is 3.09. The monoisotopic (exact) mass is 298 g/mol. The molecule has 2 unspecified atom stereocenters. The molecule has 0 aliphatic heterocycles. The number of carbonyl (C=O) groups excluding carboxylic acids is 1. The molecule has 2 atom stereocenters. The van der Waals surface area contributed by atoms with Crippen molar-refractivity contribution in [3.05, 3.63) is 11.8 Å². The summed E-state index contributed by atoms with van der Waals surface area (Å²) in [5.74, 6) is 1.20. The smallest absolute Gasteiger partial charge is 0.159 e. The van der Waals surface area contributed by atoms with Crippen molar-refractivity contribution in [3.8, 4) is 0 Å². The number of hydrogen-bond acceptors (Lipinski definition) is 2. The molecule has 0 heterocycles. The summed E-state index contributed by atoms with van der Waals surface area (Å²) in [4.78, 5) is 12.0. The summed E-state index contributed by atoms with van der Waals surface area (Å²) in [6.07, 6.45) is 10.0. The molecule has 1 saturated carbocycles. The summed E-state index contributed by atoms with van der Waals surface area (Å²) in [6.45, 7) is 6.33. The maximum absolute atomic E-state index is 12.0. The van der Waals surface area contributed by atoms with Crippen LogP contribution in [0.4, 0.5) is 0 Å². The zero-order valence-electron chi connectivity index (χ0n) is 13.3. The van der Waals surface area contributed by atoms with Crippen LogP contribution in [0.5, 0.6) is 0 Å². The van der Waals surface area contributed by atoms with Crippen molar-refractivity contribution in [2.24, 2.45) is 11.8 Å². The molecule has 0 bridgehead atoms. The van der Waals surface area contributed by atoms with Gasteiger partial charge in [0.25, 0.3) is 0 Å². The number of carbonyl (C=O) groups is 1. The molecule has 1 rings (SSSR count). The highest BCUT2D eigenvalue weighted by atomic mass is 31.0. The van der Waals surface area contributed by atoms with Gasteiger partial charge in [0.2, 0.25) is 0 Å². The number of allylic oxidation sites excluding steroid dienone is 2. The SMILES string of the molecule is CCC(CC(C)(C)P)/C(O)=C/C(=O)CCC1CCCC1. The largest absolute Gasteiger partial charge is 0.512 e. The molecule has 1 N–H and O–H groups in total. The first-order valence-corrected chi connectivity index (χ1v) is 8.62. The third-order valence-electron chi connectivity index (χ3n) is 4.27. The molecule has 1 fully saturated rings. The Morgan fingerprint density at radius 2 is 2.00 bits per heavy atom. The van der Waals surface area contributed by atoms with Crippen molar-refractivity contribution in [2.75, 3.05) is 0 Å². The first kappa shape index (κ1) is 17.7. The van der Waals surface area contributed by atoms with Crippen LogP contribution in [0.1, 0.15) is 72.1 Å². The average Bonchev–Trinajstić information content (AvgIpc) is 2.85. The maximum Gasteiger partial charge on any atom is 0.159 e. The van der Waals surface area contributed by atoms with Gasteiger partial charge in [0.05, 0.1) is 5.76 Å². The number of aliphatic hydroxyl groups is 1. The standard InChI is InChI=1S/C17H31O2P/c1-4-14(12-17(2,3)20)16(19)11-15(18)10-9-13-7-5-6-8-13/h11,13-14,19H,4-10,12,20H2,1-3H3/b16-11-. The summed E-state index contributed by atoms with van der Waals surface area (Å²) in [6, 6.07) is 0. The van der Waals surface area contributed by atoms with Crippen molar-refractivity contribution < 1.29 is 9.90 Å². The van der Waals surface area contributed by atoms with Crippen molar-refractivity contribution in [2.45, 2.75) is 77.3 Å². The molecule has 1 aliphatic rings. The van der Waals surface area contributed by atoms with E-state index in [-0.39, 0.29) is 22.6 Å². The molecular formula is C17H31O2P. The van der Waals surface area contributed by atoms with Gasteiger partial charge in [-0.25, -0.2) is 0 Å². The van der Waals surface area contributed by atoms with Crippen molar-refractivity contribution >= 4 is 15.0 Å².